The zero-order valence-electron chi connectivity index (χ0n) is 16.4. The quantitative estimate of drug-likeness (QED) is 0.735. The van der Waals surface area contributed by atoms with Crippen molar-refractivity contribution in [3.8, 4) is 0 Å². The molecule has 5 nitrogen and oxygen atoms in total. The predicted molar refractivity (Wildman–Crippen MR) is 107 cm³/mol. The van der Waals surface area contributed by atoms with Gasteiger partial charge < -0.3 is 0 Å². The molecule has 2 aliphatic heterocycles. The minimum absolute atomic E-state index is 0.0698. The zero-order valence-corrected chi connectivity index (χ0v) is 17.2. The van der Waals surface area contributed by atoms with Gasteiger partial charge in [-0.1, -0.05) is 30.3 Å². The van der Waals surface area contributed by atoms with Gasteiger partial charge in [0.25, 0.3) is 0 Å². The molecule has 2 saturated heterocycles. The Labute approximate surface area is 174 Å². The van der Waals surface area contributed by atoms with Crippen LogP contribution in [-0.2, 0) is 22.7 Å². The minimum atomic E-state index is -4.49. The van der Waals surface area contributed by atoms with Gasteiger partial charge in [0.1, 0.15) is 0 Å². The van der Waals surface area contributed by atoms with E-state index in [9.17, 15) is 21.6 Å². The Kier molecular flexibility index (Phi) is 5.89. The van der Waals surface area contributed by atoms with E-state index in [0.717, 1.165) is 50.4 Å². The molecular formula is C21H24F3N3O2S. The molecule has 2 aromatic rings. The molecule has 0 bridgehead atoms. The van der Waals surface area contributed by atoms with Gasteiger partial charge in [-0.25, -0.2) is 8.42 Å². The summed E-state index contributed by atoms with van der Waals surface area (Å²) < 4.78 is 65.8. The predicted octanol–water partition coefficient (Wildman–Crippen LogP) is 2.90. The Morgan fingerprint density at radius 2 is 1.53 bits per heavy atom. The Bertz CT molecular complexity index is 965. The third-order valence-corrected chi connectivity index (χ3v) is 7.69. The maximum absolute atomic E-state index is 13.0. The summed E-state index contributed by atoms with van der Waals surface area (Å²) in [5, 5.41) is 0. The van der Waals surface area contributed by atoms with Crippen molar-refractivity contribution >= 4 is 10.0 Å². The third-order valence-electron chi connectivity index (χ3n) is 5.81. The Morgan fingerprint density at radius 3 is 2.20 bits per heavy atom. The lowest BCUT2D eigenvalue weighted by Crippen LogP contribution is -2.62. The average molecular weight is 440 g/mol. The Morgan fingerprint density at radius 1 is 0.867 bits per heavy atom. The second-order valence-electron chi connectivity index (χ2n) is 7.80. The van der Waals surface area contributed by atoms with Crippen LogP contribution in [0.15, 0.2) is 59.5 Å². The van der Waals surface area contributed by atoms with Crippen molar-refractivity contribution < 1.29 is 21.6 Å². The standard InChI is InChI=1S/C21H24F3N3O2S/c22-21(23,24)18-6-8-20(9-7-18)30(28,29)27-13-12-26-11-10-25(15-19(26)16-27)14-17-4-2-1-3-5-17/h1-9,19H,10-16H2. The van der Waals surface area contributed by atoms with Gasteiger partial charge in [-0.15, -0.1) is 0 Å². The van der Waals surface area contributed by atoms with Crippen molar-refractivity contribution in [1.82, 2.24) is 14.1 Å². The number of rotatable bonds is 4. The van der Waals surface area contributed by atoms with Crippen molar-refractivity contribution in [2.75, 3.05) is 39.3 Å². The average Bonchev–Trinajstić information content (AvgIpc) is 2.73. The van der Waals surface area contributed by atoms with E-state index in [-0.39, 0.29) is 10.9 Å². The Hall–Kier alpha value is -1.94. The van der Waals surface area contributed by atoms with Crippen molar-refractivity contribution in [3.63, 3.8) is 0 Å². The van der Waals surface area contributed by atoms with Crippen LogP contribution in [0.3, 0.4) is 0 Å². The van der Waals surface area contributed by atoms with Crippen LogP contribution in [0.2, 0.25) is 0 Å². The van der Waals surface area contributed by atoms with Crippen LogP contribution in [0.4, 0.5) is 13.2 Å². The van der Waals surface area contributed by atoms with Crippen molar-refractivity contribution in [2.45, 2.75) is 23.7 Å². The van der Waals surface area contributed by atoms with E-state index in [4.69, 9.17) is 0 Å². The van der Waals surface area contributed by atoms with Crippen LogP contribution in [0, 0.1) is 0 Å². The van der Waals surface area contributed by atoms with Crippen LogP contribution in [0.25, 0.3) is 0 Å². The molecule has 2 fully saturated rings. The third kappa shape index (κ3) is 4.54. The number of fused-ring (bicyclic) bond motifs is 1. The highest BCUT2D eigenvalue weighted by molar-refractivity contribution is 7.89. The molecule has 9 heteroatoms. The molecule has 0 spiro atoms. The van der Waals surface area contributed by atoms with E-state index in [1.54, 1.807) is 0 Å². The molecule has 4 rings (SSSR count). The first-order valence-corrected chi connectivity index (χ1v) is 11.4. The largest absolute Gasteiger partial charge is 0.416 e. The number of hydrogen-bond acceptors (Lipinski definition) is 4. The van der Waals surface area contributed by atoms with E-state index < -0.39 is 21.8 Å². The molecule has 30 heavy (non-hydrogen) atoms. The van der Waals surface area contributed by atoms with E-state index in [0.29, 0.717) is 19.6 Å². The van der Waals surface area contributed by atoms with Crippen molar-refractivity contribution in [1.29, 1.82) is 0 Å². The van der Waals surface area contributed by atoms with Crippen molar-refractivity contribution in [3.05, 3.63) is 65.7 Å². The molecule has 2 aromatic carbocycles. The Balaban J connectivity index is 1.44. The van der Waals surface area contributed by atoms with Crippen molar-refractivity contribution in [2.24, 2.45) is 0 Å². The lowest BCUT2D eigenvalue weighted by molar-refractivity contribution is -0.137. The van der Waals surface area contributed by atoms with E-state index >= 15 is 0 Å². The summed E-state index contributed by atoms with van der Waals surface area (Å²) in [5.74, 6) is 0. The first-order valence-electron chi connectivity index (χ1n) is 9.91. The lowest BCUT2D eigenvalue weighted by Gasteiger charge is -2.46. The monoisotopic (exact) mass is 439 g/mol. The van der Waals surface area contributed by atoms with Crippen LogP contribution in [0.5, 0.6) is 0 Å². The fourth-order valence-corrected chi connectivity index (χ4v) is 5.63. The van der Waals surface area contributed by atoms with Crippen LogP contribution in [-0.4, -0.2) is 67.8 Å². The summed E-state index contributed by atoms with van der Waals surface area (Å²) in [4.78, 5) is 4.53. The molecule has 0 aliphatic carbocycles. The molecule has 0 radical (unpaired) electrons. The number of nitrogens with zero attached hydrogens (tertiary/aromatic N) is 3. The fourth-order valence-electron chi connectivity index (χ4n) is 4.16. The van der Waals surface area contributed by atoms with Gasteiger partial charge in [0.15, 0.2) is 0 Å². The molecule has 0 saturated carbocycles. The normalized spacial score (nSPS) is 22.0. The highest BCUT2D eigenvalue weighted by atomic mass is 32.2. The van der Waals surface area contributed by atoms with Crippen LogP contribution >= 0.6 is 0 Å². The van der Waals surface area contributed by atoms with Gasteiger partial charge in [-0.2, -0.15) is 17.5 Å². The molecule has 0 amide bonds. The number of hydrogen-bond donors (Lipinski definition) is 0. The number of alkyl halides is 3. The lowest BCUT2D eigenvalue weighted by atomic mass is 10.1. The highest BCUT2D eigenvalue weighted by Crippen LogP contribution is 2.30. The molecular weight excluding hydrogens is 415 g/mol. The molecule has 0 N–H and O–H groups in total. The number of halogens is 3. The minimum Gasteiger partial charge on any atom is -0.296 e. The molecule has 162 valence electrons. The second-order valence-corrected chi connectivity index (χ2v) is 9.73. The molecule has 2 heterocycles. The SMILES string of the molecule is O=S(=O)(c1ccc(C(F)(F)F)cc1)N1CCN2CCN(Cc3ccccc3)CC2C1. The first kappa shape index (κ1) is 21.3. The first-order chi connectivity index (χ1) is 14.2. The summed E-state index contributed by atoms with van der Waals surface area (Å²) >= 11 is 0. The van der Waals surface area contributed by atoms with Crippen LogP contribution in [0.1, 0.15) is 11.1 Å². The molecule has 0 aromatic heterocycles. The number of sulfonamides is 1. The number of piperazine rings is 2. The fraction of sp³-hybridized carbons (Fsp3) is 0.429. The summed E-state index contributed by atoms with van der Waals surface area (Å²) in [5.41, 5.74) is 0.367. The molecule has 2 aliphatic rings. The van der Waals surface area contributed by atoms with Gasteiger partial charge in [-0.05, 0) is 29.8 Å². The second kappa shape index (κ2) is 8.30. The van der Waals surface area contributed by atoms with Crippen LogP contribution < -0.4 is 0 Å². The summed E-state index contributed by atoms with van der Waals surface area (Å²) in [6.45, 7) is 4.70. The van der Waals surface area contributed by atoms with E-state index in [2.05, 4.69) is 21.9 Å². The van der Waals surface area contributed by atoms with E-state index in [1.165, 1.54) is 9.87 Å². The van der Waals surface area contributed by atoms with Gasteiger partial charge in [-0.3, -0.25) is 9.80 Å². The van der Waals surface area contributed by atoms with Gasteiger partial charge in [0.2, 0.25) is 10.0 Å². The van der Waals surface area contributed by atoms with Gasteiger partial charge in [0, 0.05) is 51.9 Å². The summed E-state index contributed by atoms with van der Waals surface area (Å²) in [7, 11) is -3.83. The summed E-state index contributed by atoms with van der Waals surface area (Å²) in [6, 6.07) is 14.0. The molecule has 1 unspecified atom stereocenters. The topological polar surface area (TPSA) is 43.9 Å². The zero-order chi connectivity index (χ0) is 21.4. The maximum atomic E-state index is 13.0. The smallest absolute Gasteiger partial charge is 0.296 e. The maximum Gasteiger partial charge on any atom is 0.416 e. The number of benzene rings is 2. The highest BCUT2D eigenvalue weighted by Gasteiger charge is 2.37. The van der Waals surface area contributed by atoms with E-state index in [1.807, 2.05) is 18.2 Å². The van der Waals surface area contributed by atoms with Gasteiger partial charge in [0.05, 0.1) is 10.5 Å². The van der Waals surface area contributed by atoms with Gasteiger partial charge >= 0.3 is 6.18 Å². The summed E-state index contributed by atoms with van der Waals surface area (Å²) in [6.07, 6.45) is -4.49. The molecule has 1 atom stereocenters.